The average Bonchev–Trinajstić information content (AvgIpc) is 2.88. The lowest BCUT2D eigenvalue weighted by molar-refractivity contribution is 0.192. The van der Waals surface area contributed by atoms with Crippen LogP contribution in [0.5, 0.6) is 5.75 Å². The average molecular weight is 292 g/mol. The third kappa shape index (κ3) is 4.15. The van der Waals surface area contributed by atoms with Gasteiger partial charge in [0, 0.05) is 30.1 Å². The first-order valence-electron chi connectivity index (χ1n) is 6.56. The normalized spacial score (nSPS) is 12.4. The molecule has 1 heterocycles. The lowest BCUT2D eigenvalue weighted by Crippen LogP contribution is -2.12. The maximum Gasteiger partial charge on any atom is 0.123 e. The molecule has 0 radical (unpaired) electrons. The molecule has 0 spiro atoms. The standard InChI is InChI=1S/C15H20N2O2S/c1-10(2)19-14-6-12(16)5-13(7-14)17-8-15(18)11-3-4-20-9-11/h3-7,9-10,15,17-18H,8,16H2,1-2H3. The number of anilines is 2. The van der Waals surface area contributed by atoms with E-state index in [4.69, 9.17) is 10.5 Å². The zero-order valence-corrected chi connectivity index (χ0v) is 12.5. The van der Waals surface area contributed by atoms with Crippen LogP contribution in [0.2, 0.25) is 0 Å². The Labute approximate surface area is 123 Å². The summed E-state index contributed by atoms with van der Waals surface area (Å²) in [5.74, 6) is 0.729. The van der Waals surface area contributed by atoms with E-state index in [1.807, 2.05) is 42.8 Å². The monoisotopic (exact) mass is 292 g/mol. The fraction of sp³-hybridized carbons (Fsp3) is 0.333. The Morgan fingerprint density at radius 1 is 1.35 bits per heavy atom. The van der Waals surface area contributed by atoms with Crippen molar-refractivity contribution in [2.45, 2.75) is 26.1 Å². The Hall–Kier alpha value is -1.72. The number of aliphatic hydroxyl groups excluding tert-OH is 1. The van der Waals surface area contributed by atoms with E-state index in [1.54, 1.807) is 17.4 Å². The number of rotatable bonds is 6. The molecule has 0 saturated carbocycles. The van der Waals surface area contributed by atoms with E-state index in [1.165, 1.54) is 0 Å². The van der Waals surface area contributed by atoms with Gasteiger partial charge in [0.15, 0.2) is 0 Å². The molecule has 2 aromatic rings. The largest absolute Gasteiger partial charge is 0.491 e. The van der Waals surface area contributed by atoms with E-state index in [9.17, 15) is 5.11 Å². The van der Waals surface area contributed by atoms with Gasteiger partial charge in [0.25, 0.3) is 0 Å². The number of aliphatic hydroxyl groups is 1. The molecule has 1 unspecified atom stereocenters. The maximum absolute atomic E-state index is 10.0. The van der Waals surface area contributed by atoms with Gasteiger partial charge >= 0.3 is 0 Å². The highest BCUT2D eigenvalue weighted by atomic mass is 32.1. The number of nitrogens with two attached hydrogens (primary N) is 1. The molecular formula is C15H20N2O2S. The van der Waals surface area contributed by atoms with Crippen LogP contribution in [0, 0.1) is 0 Å². The van der Waals surface area contributed by atoms with Crippen LogP contribution in [-0.4, -0.2) is 17.8 Å². The van der Waals surface area contributed by atoms with Gasteiger partial charge in [0.1, 0.15) is 5.75 Å². The second-order valence-corrected chi connectivity index (χ2v) is 5.69. The molecule has 0 amide bonds. The summed E-state index contributed by atoms with van der Waals surface area (Å²) in [6, 6.07) is 7.42. The molecule has 108 valence electrons. The molecule has 4 nitrogen and oxygen atoms in total. The maximum atomic E-state index is 10.0. The second kappa shape index (κ2) is 6.63. The lowest BCUT2D eigenvalue weighted by Gasteiger charge is -2.15. The van der Waals surface area contributed by atoms with Crippen molar-refractivity contribution in [2.75, 3.05) is 17.6 Å². The van der Waals surface area contributed by atoms with E-state index in [2.05, 4.69) is 5.32 Å². The SMILES string of the molecule is CC(C)Oc1cc(N)cc(NCC(O)c2ccsc2)c1. The van der Waals surface area contributed by atoms with Crippen LogP contribution in [-0.2, 0) is 0 Å². The molecule has 1 atom stereocenters. The van der Waals surface area contributed by atoms with Crippen LogP contribution in [0.25, 0.3) is 0 Å². The van der Waals surface area contributed by atoms with Crippen LogP contribution < -0.4 is 15.8 Å². The summed E-state index contributed by atoms with van der Waals surface area (Å²) in [4.78, 5) is 0. The molecule has 0 bridgehead atoms. The minimum atomic E-state index is -0.530. The molecule has 1 aromatic carbocycles. The van der Waals surface area contributed by atoms with Gasteiger partial charge in [-0.05, 0) is 42.3 Å². The molecule has 5 heteroatoms. The Bertz CT molecular complexity index is 541. The third-order valence-electron chi connectivity index (χ3n) is 2.73. The zero-order valence-electron chi connectivity index (χ0n) is 11.7. The summed E-state index contributed by atoms with van der Waals surface area (Å²) in [5, 5.41) is 17.1. The lowest BCUT2D eigenvalue weighted by atomic mass is 10.2. The molecule has 2 rings (SSSR count). The number of nitrogen functional groups attached to an aromatic ring is 1. The summed E-state index contributed by atoms with van der Waals surface area (Å²) >= 11 is 1.57. The highest BCUT2D eigenvalue weighted by Gasteiger charge is 2.08. The molecule has 0 fully saturated rings. The Balaban J connectivity index is 2.00. The Morgan fingerprint density at radius 2 is 2.15 bits per heavy atom. The number of ether oxygens (including phenoxy) is 1. The first-order chi connectivity index (χ1) is 9.54. The first-order valence-corrected chi connectivity index (χ1v) is 7.50. The van der Waals surface area contributed by atoms with Crippen molar-refractivity contribution in [3.8, 4) is 5.75 Å². The minimum absolute atomic E-state index is 0.0982. The van der Waals surface area contributed by atoms with Gasteiger partial charge in [-0.3, -0.25) is 0 Å². The van der Waals surface area contributed by atoms with Gasteiger partial charge in [0.05, 0.1) is 12.2 Å². The van der Waals surface area contributed by atoms with Crippen LogP contribution in [0.1, 0.15) is 25.5 Å². The number of benzene rings is 1. The number of thiophene rings is 1. The van der Waals surface area contributed by atoms with Crippen molar-refractivity contribution in [2.24, 2.45) is 0 Å². The smallest absolute Gasteiger partial charge is 0.123 e. The zero-order chi connectivity index (χ0) is 14.5. The molecule has 0 aliphatic rings. The number of nitrogens with one attached hydrogen (secondary N) is 1. The fourth-order valence-electron chi connectivity index (χ4n) is 1.86. The predicted molar refractivity (Wildman–Crippen MR) is 84.4 cm³/mol. The third-order valence-corrected chi connectivity index (χ3v) is 3.43. The minimum Gasteiger partial charge on any atom is -0.491 e. The van der Waals surface area contributed by atoms with Gasteiger partial charge < -0.3 is 20.9 Å². The summed E-state index contributed by atoms with van der Waals surface area (Å²) in [5.41, 5.74) is 8.25. The first kappa shape index (κ1) is 14.7. The Morgan fingerprint density at radius 3 is 2.80 bits per heavy atom. The van der Waals surface area contributed by atoms with Crippen molar-refractivity contribution in [3.63, 3.8) is 0 Å². The topological polar surface area (TPSA) is 67.5 Å². The summed E-state index contributed by atoms with van der Waals surface area (Å²) in [6.45, 7) is 4.37. The molecular weight excluding hydrogens is 272 g/mol. The van der Waals surface area contributed by atoms with E-state index < -0.39 is 6.10 Å². The molecule has 0 aliphatic heterocycles. The molecule has 0 aliphatic carbocycles. The highest BCUT2D eigenvalue weighted by molar-refractivity contribution is 7.07. The summed E-state index contributed by atoms with van der Waals surface area (Å²) in [7, 11) is 0. The van der Waals surface area contributed by atoms with Gasteiger partial charge in [0.2, 0.25) is 0 Å². The van der Waals surface area contributed by atoms with Gasteiger partial charge in [-0.1, -0.05) is 0 Å². The van der Waals surface area contributed by atoms with Crippen LogP contribution >= 0.6 is 11.3 Å². The fourth-order valence-corrected chi connectivity index (χ4v) is 2.57. The van der Waals surface area contributed by atoms with Crippen molar-refractivity contribution in [1.82, 2.24) is 0 Å². The molecule has 4 N–H and O–H groups in total. The highest BCUT2D eigenvalue weighted by Crippen LogP contribution is 2.24. The Kier molecular flexibility index (Phi) is 4.87. The number of hydrogen-bond donors (Lipinski definition) is 3. The van der Waals surface area contributed by atoms with Crippen LogP contribution in [0.3, 0.4) is 0 Å². The van der Waals surface area contributed by atoms with Crippen molar-refractivity contribution in [1.29, 1.82) is 0 Å². The summed E-state index contributed by atoms with van der Waals surface area (Å²) in [6.07, 6.45) is -0.432. The van der Waals surface area contributed by atoms with Gasteiger partial charge in [-0.2, -0.15) is 11.3 Å². The van der Waals surface area contributed by atoms with Crippen molar-refractivity contribution in [3.05, 3.63) is 40.6 Å². The van der Waals surface area contributed by atoms with E-state index in [0.717, 1.165) is 17.0 Å². The van der Waals surface area contributed by atoms with Crippen molar-refractivity contribution < 1.29 is 9.84 Å². The quantitative estimate of drug-likeness (QED) is 0.715. The van der Waals surface area contributed by atoms with Gasteiger partial charge in [-0.15, -0.1) is 0 Å². The van der Waals surface area contributed by atoms with E-state index in [0.29, 0.717) is 12.2 Å². The van der Waals surface area contributed by atoms with Gasteiger partial charge in [-0.25, -0.2) is 0 Å². The predicted octanol–water partition coefficient (Wildman–Crippen LogP) is 3.26. The van der Waals surface area contributed by atoms with E-state index >= 15 is 0 Å². The van der Waals surface area contributed by atoms with Crippen LogP contribution in [0.4, 0.5) is 11.4 Å². The van der Waals surface area contributed by atoms with E-state index in [-0.39, 0.29) is 6.10 Å². The second-order valence-electron chi connectivity index (χ2n) is 4.91. The molecule has 0 saturated heterocycles. The summed E-state index contributed by atoms with van der Waals surface area (Å²) < 4.78 is 5.63. The van der Waals surface area contributed by atoms with Crippen LogP contribution in [0.15, 0.2) is 35.0 Å². The van der Waals surface area contributed by atoms with Crippen molar-refractivity contribution >= 4 is 22.7 Å². The molecule has 1 aromatic heterocycles. The molecule has 20 heavy (non-hydrogen) atoms. The number of hydrogen-bond acceptors (Lipinski definition) is 5.